The summed E-state index contributed by atoms with van der Waals surface area (Å²) in [5.74, 6) is 0.544. The highest BCUT2D eigenvalue weighted by molar-refractivity contribution is 5.25. The van der Waals surface area contributed by atoms with Crippen molar-refractivity contribution in [1.82, 2.24) is 4.98 Å². The summed E-state index contributed by atoms with van der Waals surface area (Å²) in [4.78, 5) is 4.36. The maximum atomic E-state index is 5.05. The topological polar surface area (TPSA) is 22.1 Å². The van der Waals surface area contributed by atoms with Crippen LogP contribution in [0.1, 0.15) is 36.6 Å². The number of aryl methyl sites for hydroxylation is 1. The van der Waals surface area contributed by atoms with Crippen LogP contribution >= 0.6 is 0 Å². The van der Waals surface area contributed by atoms with E-state index in [-0.39, 0.29) is 0 Å². The van der Waals surface area contributed by atoms with Crippen LogP contribution in [0.15, 0.2) is 12.3 Å². The second-order valence-corrected chi connectivity index (χ2v) is 3.62. The Hall–Kier alpha value is -0.890. The Balaban J connectivity index is 2.92. The highest BCUT2D eigenvalue weighted by Crippen LogP contribution is 2.16. The molecule has 0 atom stereocenters. The third-order valence-electron chi connectivity index (χ3n) is 2.16. The molecule has 0 radical (unpaired) electrons. The fourth-order valence-corrected chi connectivity index (χ4v) is 1.23. The molecular formula is C11H17NO. The maximum absolute atomic E-state index is 5.05. The van der Waals surface area contributed by atoms with Crippen molar-refractivity contribution in [2.45, 2.75) is 33.3 Å². The van der Waals surface area contributed by atoms with Crippen molar-refractivity contribution in [2.75, 3.05) is 7.11 Å². The molecule has 13 heavy (non-hydrogen) atoms. The highest BCUT2D eigenvalue weighted by atomic mass is 16.5. The number of aromatic nitrogens is 1. The molecule has 72 valence electrons. The SMILES string of the molecule is COCc1ncc(C(C)C)cc1C. The fourth-order valence-electron chi connectivity index (χ4n) is 1.23. The first-order valence-electron chi connectivity index (χ1n) is 4.59. The van der Waals surface area contributed by atoms with Crippen molar-refractivity contribution < 1.29 is 4.74 Å². The quantitative estimate of drug-likeness (QED) is 0.711. The molecular weight excluding hydrogens is 162 g/mol. The van der Waals surface area contributed by atoms with E-state index < -0.39 is 0 Å². The number of hydrogen-bond donors (Lipinski definition) is 0. The van der Waals surface area contributed by atoms with Crippen molar-refractivity contribution in [2.24, 2.45) is 0 Å². The van der Waals surface area contributed by atoms with E-state index in [4.69, 9.17) is 4.74 Å². The number of pyridine rings is 1. The monoisotopic (exact) mass is 179 g/mol. The molecule has 2 nitrogen and oxygen atoms in total. The third kappa shape index (κ3) is 2.52. The number of hydrogen-bond acceptors (Lipinski definition) is 2. The van der Waals surface area contributed by atoms with Crippen molar-refractivity contribution in [1.29, 1.82) is 0 Å². The van der Waals surface area contributed by atoms with Gasteiger partial charge in [-0.3, -0.25) is 4.98 Å². The van der Waals surface area contributed by atoms with E-state index in [1.54, 1.807) is 7.11 Å². The lowest BCUT2D eigenvalue weighted by molar-refractivity contribution is 0.181. The molecule has 1 heterocycles. The molecule has 0 saturated heterocycles. The average molecular weight is 179 g/mol. The van der Waals surface area contributed by atoms with Gasteiger partial charge >= 0.3 is 0 Å². The summed E-state index contributed by atoms with van der Waals surface area (Å²) in [6, 6.07) is 2.19. The van der Waals surface area contributed by atoms with Gasteiger partial charge in [0.1, 0.15) is 0 Å². The molecule has 1 rings (SSSR count). The molecule has 0 aliphatic carbocycles. The molecule has 0 aliphatic rings. The summed E-state index contributed by atoms with van der Waals surface area (Å²) in [6.07, 6.45) is 1.94. The van der Waals surface area contributed by atoms with Crippen molar-refractivity contribution in [3.05, 3.63) is 29.1 Å². The van der Waals surface area contributed by atoms with Crippen LogP contribution in [0.5, 0.6) is 0 Å². The van der Waals surface area contributed by atoms with Gasteiger partial charge in [0.2, 0.25) is 0 Å². The third-order valence-corrected chi connectivity index (χ3v) is 2.16. The van der Waals surface area contributed by atoms with Gasteiger partial charge < -0.3 is 4.74 Å². The van der Waals surface area contributed by atoms with Crippen molar-refractivity contribution >= 4 is 0 Å². The molecule has 2 heteroatoms. The first-order chi connectivity index (χ1) is 6.15. The predicted molar refractivity (Wildman–Crippen MR) is 53.8 cm³/mol. The van der Waals surface area contributed by atoms with Gasteiger partial charge in [-0.15, -0.1) is 0 Å². The fraction of sp³-hybridized carbons (Fsp3) is 0.545. The van der Waals surface area contributed by atoms with E-state index in [2.05, 4.69) is 31.8 Å². The minimum Gasteiger partial charge on any atom is -0.378 e. The zero-order chi connectivity index (χ0) is 9.84. The van der Waals surface area contributed by atoms with Gasteiger partial charge in [-0.1, -0.05) is 19.9 Å². The van der Waals surface area contributed by atoms with E-state index in [0.717, 1.165) is 5.69 Å². The largest absolute Gasteiger partial charge is 0.378 e. The first kappa shape index (κ1) is 10.2. The number of nitrogens with zero attached hydrogens (tertiary/aromatic N) is 1. The van der Waals surface area contributed by atoms with E-state index in [1.165, 1.54) is 11.1 Å². The average Bonchev–Trinajstić information content (AvgIpc) is 2.08. The Morgan fingerprint density at radius 3 is 2.62 bits per heavy atom. The van der Waals surface area contributed by atoms with Gasteiger partial charge in [-0.05, 0) is 24.0 Å². The van der Waals surface area contributed by atoms with Gasteiger partial charge in [-0.25, -0.2) is 0 Å². The Morgan fingerprint density at radius 2 is 2.15 bits per heavy atom. The van der Waals surface area contributed by atoms with E-state index >= 15 is 0 Å². The van der Waals surface area contributed by atoms with Crippen LogP contribution in [0.3, 0.4) is 0 Å². The standard InChI is InChI=1S/C11H17NO/c1-8(2)10-5-9(3)11(7-13-4)12-6-10/h5-6,8H,7H2,1-4H3. The zero-order valence-corrected chi connectivity index (χ0v) is 8.79. The number of methoxy groups -OCH3 is 1. The molecule has 0 spiro atoms. The van der Waals surface area contributed by atoms with Crippen LogP contribution in [-0.4, -0.2) is 12.1 Å². The molecule has 0 fully saturated rings. The molecule has 0 aliphatic heterocycles. The molecule has 0 amide bonds. The molecule has 0 aromatic carbocycles. The molecule has 0 bridgehead atoms. The zero-order valence-electron chi connectivity index (χ0n) is 8.79. The lowest BCUT2D eigenvalue weighted by Crippen LogP contribution is -1.98. The van der Waals surface area contributed by atoms with Crippen LogP contribution in [0.4, 0.5) is 0 Å². The van der Waals surface area contributed by atoms with Crippen molar-refractivity contribution in [3.63, 3.8) is 0 Å². The van der Waals surface area contributed by atoms with Crippen LogP contribution in [0.2, 0.25) is 0 Å². The van der Waals surface area contributed by atoms with Gasteiger partial charge in [0, 0.05) is 13.3 Å². The van der Waals surface area contributed by atoms with Crippen LogP contribution in [-0.2, 0) is 11.3 Å². The second-order valence-electron chi connectivity index (χ2n) is 3.62. The summed E-state index contributed by atoms with van der Waals surface area (Å²) in [7, 11) is 1.69. The molecule has 0 N–H and O–H groups in total. The normalized spacial score (nSPS) is 10.8. The Labute approximate surface area is 80.0 Å². The summed E-state index contributed by atoms with van der Waals surface area (Å²) in [5.41, 5.74) is 3.54. The summed E-state index contributed by atoms with van der Waals surface area (Å²) >= 11 is 0. The predicted octanol–water partition coefficient (Wildman–Crippen LogP) is 2.66. The Bertz CT molecular complexity index is 281. The van der Waals surface area contributed by atoms with Gasteiger partial charge in [0.15, 0.2) is 0 Å². The molecule has 0 saturated carbocycles. The lowest BCUT2D eigenvalue weighted by atomic mass is 10.0. The number of ether oxygens (including phenoxy) is 1. The van der Waals surface area contributed by atoms with Gasteiger partial charge in [0.25, 0.3) is 0 Å². The van der Waals surface area contributed by atoms with Gasteiger partial charge in [0.05, 0.1) is 12.3 Å². The molecule has 1 aromatic rings. The van der Waals surface area contributed by atoms with E-state index in [0.29, 0.717) is 12.5 Å². The first-order valence-corrected chi connectivity index (χ1v) is 4.59. The minimum atomic E-state index is 0.544. The second kappa shape index (κ2) is 4.38. The summed E-state index contributed by atoms with van der Waals surface area (Å²) < 4.78 is 5.05. The number of rotatable bonds is 3. The van der Waals surface area contributed by atoms with Crippen LogP contribution < -0.4 is 0 Å². The Morgan fingerprint density at radius 1 is 1.46 bits per heavy atom. The molecule has 1 aromatic heterocycles. The van der Waals surface area contributed by atoms with Crippen LogP contribution in [0.25, 0.3) is 0 Å². The summed E-state index contributed by atoms with van der Waals surface area (Å²) in [5, 5.41) is 0. The molecule has 0 unspecified atom stereocenters. The smallest absolute Gasteiger partial charge is 0.0886 e. The van der Waals surface area contributed by atoms with Crippen LogP contribution in [0, 0.1) is 6.92 Å². The minimum absolute atomic E-state index is 0.544. The summed E-state index contributed by atoms with van der Waals surface area (Å²) in [6.45, 7) is 7.02. The van der Waals surface area contributed by atoms with Gasteiger partial charge in [-0.2, -0.15) is 0 Å². The maximum Gasteiger partial charge on any atom is 0.0886 e. The van der Waals surface area contributed by atoms with E-state index in [9.17, 15) is 0 Å². The Kier molecular flexibility index (Phi) is 3.43. The van der Waals surface area contributed by atoms with E-state index in [1.807, 2.05) is 6.20 Å². The lowest BCUT2D eigenvalue weighted by Gasteiger charge is -2.08. The highest BCUT2D eigenvalue weighted by Gasteiger charge is 2.03. The van der Waals surface area contributed by atoms with Crippen molar-refractivity contribution in [3.8, 4) is 0 Å².